The number of nitrogens with one attached hydrogen (secondary N) is 1. The second kappa shape index (κ2) is 8.52. The number of anilines is 2. The number of carbonyl (C=O) groups excluding carboxylic acids is 1. The number of benzene rings is 1. The summed E-state index contributed by atoms with van der Waals surface area (Å²) < 4.78 is 5.22. The van der Waals surface area contributed by atoms with E-state index in [4.69, 9.17) is 10.5 Å². The van der Waals surface area contributed by atoms with Crippen molar-refractivity contribution in [3.8, 4) is 5.75 Å². The smallest absolute Gasteiger partial charge is 0.225 e. The van der Waals surface area contributed by atoms with E-state index in [1.807, 2.05) is 0 Å². The maximum Gasteiger partial charge on any atom is 0.225 e. The van der Waals surface area contributed by atoms with Gasteiger partial charge >= 0.3 is 0 Å². The topological polar surface area (TPSA) is 67.6 Å². The van der Waals surface area contributed by atoms with Crippen LogP contribution < -0.4 is 15.8 Å². The van der Waals surface area contributed by atoms with E-state index in [0.717, 1.165) is 19.6 Å². The van der Waals surface area contributed by atoms with Crippen molar-refractivity contribution in [1.29, 1.82) is 0 Å². The third-order valence-electron chi connectivity index (χ3n) is 3.22. The maximum absolute atomic E-state index is 12.1. The Balaban J connectivity index is 2.55. The summed E-state index contributed by atoms with van der Waals surface area (Å²) in [6, 6.07) is 5.21. The largest absolute Gasteiger partial charge is 0.495 e. The molecule has 1 aromatic carbocycles. The van der Waals surface area contributed by atoms with Gasteiger partial charge in [0.15, 0.2) is 0 Å². The first-order chi connectivity index (χ1) is 9.96. The standard InChI is InChI=1S/C16H27N3O2/c1-5-19(11-12(2)3)9-8-16(20)18-14-10-13(17)6-7-15(14)21-4/h6-7,10,12H,5,8-9,11,17H2,1-4H3,(H,18,20). The number of nitrogen functional groups attached to an aromatic ring is 1. The van der Waals surface area contributed by atoms with Crippen molar-refractivity contribution < 1.29 is 9.53 Å². The van der Waals surface area contributed by atoms with Gasteiger partial charge in [-0.2, -0.15) is 0 Å². The van der Waals surface area contributed by atoms with Gasteiger partial charge in [0.2, 0.25) is 5.91 Å². The fourth-order valence-corrected chi connectivity index (χ4v) is 2.19. The molecule has 0 aliphatic rings. The highest BCUT2D eigenvalue weighted by atomic mass is 16.5. The first kappa shape index (κ1) is 17.3. The minimum absolute atomic E-state index is 0.0268. The molecule has 0 spiro atoms. The average molecular weight is 293 g/mol. The van der Waals surface area contributed by atoms with Gasteiger partial charge < -0.3 is 20.7 Å². The molecule has 0 aliphatic heterocycles. The van der Waals surface area contributed by atoms with E-state index in [1.54, 1.807) is 25.3 Å². The normalized spacial score (nSPS) is 11.0. The molecule has 0 atom stereocenters. The van der Waals surface area contributed by atoms with Gasteiger partial charge in [0, 0.05) is 25.2 Å². The molecule has 118 valence electrons. The van der Waals surface area contributed by atoms with Gasteiger partial charge in [0.05, 0.1) is 12.8 Å². The Morgan fingerprint density at radius 3 is 2.71 bits per heavy atom. The molecule has 1 rings (SSSR count). The zero-order valence-corrected chi connectivity index (χ0v) is 13.5. The van der Waals surface area contributed by atoms with E-state index in [-0.39, 0.29) is 5.91 Å². The van der Waals surface area contributed by atoms with E-state index in [9.17, 15) is 4.79 Å². The van der Waals surface area contributed by atoms with E-state index in [1.165, 1.54) is 0 Å². The number of hydrogen-bond donors (Lipinski definition) is 2. The Morgan fingerprint density at radius 1 is 1.43 bits per heavy atom. The summed E-state index contributed by atoms with van der Waals surface area (Å²) >= 11 is 0. The first-order valence-electron chi connectivity index (χ1n) is 7.42. The highest BCUT2D eigenvalue weighted by Gasteiger charge is 2.11. The number of ether oxygens (including phenoxy) is 1. The van der Waals surface area contributed by atoms with E-state index >= 15 is 0 Å². The van der Waals surface area contributed by atoms with Crippen molar-refractivity contribution in [2.45, 2.75) is 27.2 Å². The lowest BCUT2D eigenvalue weighted by Crippen LogP contribution is -2.31. The predicted molar refractivity (Wildman–Crippen MR) is 87.6 cm³/mol. The molecule has 0 heterocycles. The maximum atomic E-state index is 12.1. The van der Waals surface area contributed by atoms with Crippen LogP contribution in [0.2, 0.25) is 0 Å². The van der Waals surface area contributed by atoms with E-state index in [0.29, 0.717) is 29.5 Å². The molecule has 21 heavy (non-hydrogen) atoms. The second-order valence-electron chi connectivity index (χ2n) is 5.54. The molecule has 0 bridgehead atoms. The molecule has 0 aliphatic carbocycles. The molecule has 3 N–H and O–H groups in total. The number of hydrogen-bond acceptors (Lipinski definition) is 4. The number of rotatable bonds is 8. The molecule has 0 saturated carbocycles. The van der Waals surface area contributed by atoms with Gasteiger partial charge in [-0.05, 0) is 30.7 Å². The monoisotopic (exact) mass is 293 g/mol. The predicted octanol–water partition coefficient (Wildman–Crippen LogP) is 2.58. The van der Waals surface area contributed by atoms with Crippen LogP contribution in [0.1, 0.15) is 27.2 Å². The molecular weight excluding hydrogens is 266 g/mol. The lowest BCUT2D eigenvalue weighted by molar-refractivity contribution is -0.116. The van der Waals surface area contributed by atoms with Crippen molar-refractivity contribution in [3.05, 3.63) is 18.2 Å². The van der Waals surface area contributed by atoms with Crippen LogP contribution in [-0.2, 0) is 4.79 Å². The van der Waals surface area contributed by atoms with Crippen molar-refractivity contribution in [2.24, 2.45) is 5.92 Å². The van der Waals surface area contributed by atoms with Gasteiger partial charge in [-0.25, -0.2) is 0 Å². The van der Waals surface area contributed by atoms with Gasteiger partial charge in [-0.3, -0.25) is 4.79 Å². The number of carbonyl (C=O) groups is 1. The molecule has 0 fully saturated rings. The molecule has 0 radical (unpaired) electrons. The van der Waals surface area contributed by atoms with Crippen LogP contribution in [0, 0.1) is 5.92 Å². The summed E-state index contributed by atoms with van der Waals surface area (Å²) in [5, 5.41) is 2.86. The molecule has 1 aromatic rings. The first-order valence-corrected chi connectivity index (χ1v) is 7.42. The molecular formula is C16H27N3O2. The Kier molecular flexibility index (Phi) is 7.02. The average Bonchev–Trinajstić information content (AvgIpc) is 2.43. The van der Waals surface area contributed by atoms with Gasteiger partial charge in [0.1, 0.15) is 5.75 Å². The van der Waals surface area contributed by atoms with E-state index < -0.39 is 0 Å². The van der Waals surface area contributed by atoms with Crippen molar-refractivity contribution in [1.82, 2.24) is 4.90 Å². The van der Waals surface area contributed by atoms with Crippen molar-refractivity contribution in [2.75, 3.05) is 37.8 Å². The van der Waals surface area contributed by atoms with Crippen LogP contribution in [-0.4, -0.2) is 37.6 Å². The molecule has 5 nitrogen and oxygen atoms in total. The van der Waals surface area contributed by atoms with Crippen LogP contribution in [0.4, 0.5) is 11.4 Å². The molecule has 0 unspecified atom stereocenters. The quantitative estimate of drug-likeness (QED) is 0.723. The number of amides is 1. The summed E-state index contributed by atoms with van der Waals surface area (Å²) in [6.07, 6.45) is 0.457. The second-order valence-corrected chi connectivity index (χ2v) is 5.54. The Hall–Kier alpha value is -1.75. The lowest BCUT2D eigenvalue weighted by atomic mass is 10.2. The lowest BCUT2D eigenvalue weighted by Gasteiger charge is -2.22. The van der Waals surface area contributed by atoms with Crippen molar-refractivity contribution >= 4 is 17.3 Å². The number of nitrogens with zero attached hydrogens (tertiary/aromatic N) is 1. The number of nitrogens with two attached hydrogens (primary N) is 1. The highest BCUT2D eigenvalue weighted by Crippen LogP contribution is 2.26. The van der Waals surface area contributed by atoms with Gasteiger partial charge in [-0.15, -0.1) is 0 Å². The summed E-state index contributed by atoms with van der Waals surface area (Å²) in [5.74, 6) is 1.19. The zero-order chi connectivity index (χ0) is 15.8. The minimum atomic E-state index is -0.0268. The fourth-order valence-electron chi connectivity index (χ4n) is 2.19. The van der Waals surface area contributed by atoms with Crippen molar-refractivity contribution in [3.63, 3.8) is 0 Å². The summed E-state index contributed by atoms with van der Waals surface area (Å²) in [7, 11) is 1.57. The fraction of sp³-hybridized carbons (Fsp3) is 0.562. The highest BCUT2D eigenvalue weighted by molar-refractivity contribution is 5.93. The summed E-state index contributed by atoms with van der Waals surface area (Å²) in [6.45, 7) is 9.19. The Morgan fingerprint density at radius 2 is 2.14 bits per heavy atom. The molecule has 0 aromatic heterocycles. The summed E-state index contributed by atoms with van der Waals surface area (Å²) in [4.78, 5) is 14.3. The third-order valence-corrected chi connectivity index (χ3v) is 3.22. The van der Waals surface area contributed by atoms with Gasteiger partial charge in [0.25, 0.3) is 0 Å². The van der Waals surface area contributed by atoms with Crippen LogP contribution in [0.25, 0.3) is 0 Å². The Bertz CT molecular complexity index is 461. The Labute approximate surface area is 127 Å². The van der Waals surface area contributed by atoms with E-state index in [2.05, 4.69) is 31.0 Å². The molecule has 5 heteroatoms. The number of methoxy groups -OCH3 is 1. The minimum Gasteiger partial charge on any atom is -0.495 e. The zero-order valence-electron chi connectivity index (χ0n) is 13.5. The van der Waals surface area contributed by atoms with Gasteiger partial charge in [-0.1, -0.05) is 20.8 Å². The SMILES string of the molecule is CCN(CCC(=O)Nc1cc(N)ccc1OC)CC(C)C. The van der Waals surface area contributed by atoms with Crippen LogP contribution >= 0.6 is 0 Å². The summed E-state index contributed by atoms with van der Waals surface area (Å²) in [5.41, 5.74) is 6.96. The molecule has 0 saturated heterocycles. The molecule has 1 amide bonds. The third kappa shape index (κ3) is 6.04. The van der Waals surface area contributed by atoms with Crippen LogP contribution in [0.15, 0.2) is 18.2 Å². The van der Waals surface area contributed by atoms with Crippen LogP contribution in [0.5, 0.6) is 5.75 Å². The van der Waals surface area contributed by atoms with Crippen LogP contribution in [0.3, 0.4) is 0 Å².